The Morgan fingerprint density at radius 1 is 0.627 bits per heavy atom. The van der Waals surface area contributed by atoms with Gasteiger partial charge in [0.25, 0.3) is 0 Å². The molecule has 2 aliphatic rings. The van der Waals surface area contributed by atoms with Gasteiger partial charge in [-0.2, -0.15) is 0 Å². The topological polar surface area (TPSA) is 174 Å². The van der Waals surface area contributed by atoms with E-state index in [1.165, 1.54) is 78.0 Å². The number of aliphatic carboxylic acids is 4. The molecule has 6 rings (SSSR count). The SMILES string of the molecule is C=C(c1ccc(OCCN2CCCC2)cc1)c1c(-c2ccc(OCCN3CCCC3)cc2)sc2ccccc12.O=C(O)C(=O)O.O=C(O)C(=O)O. The second-order valence-corrected chi connectivity index (χ2v) is 12.9. The minimum absolute atomic E-state index is 0.734. The van der Waals surface area contributed by atoms with E-state index in [0.29, 0.717) is 0 Å². The van der Waals surface area contributed by atoms with E-state index in [2.05, 4.69) is 89.2 Å². The van der Waals surface area contributed by atoms with E-state index in [4.69, 9.17) is 49.1 Å². The van der Waals surface area contributed by atoms with Crippen LogP contribution in [0.25, 0.3) is 26.1 Å². The number of rotatable bonds is 11. The van der Waals surface area contributed by atoms with E-state index in [0.717, 1.165) is 48.9 Å². The van der Waals surface area contributed by atoms with Crippen molar-refractivity contribution in [3.63, 3.8) is 0 Å². The number of hydrogen-bond acceptors (Lipinski definition) is 9. The highest BCUT2D eigenvalue weighted by atomic mass is 32.1. The number of nitrogens with zero attached hydrogens (tertiary/aromatic N) is 2. The van der Waals surface area contributed by atoms with Crippen LogP contribution < -0.4 is 9.47 Å². The summed E-state index contributed by atoms with van der Waals surface area (Å²) in [6.45, 7) is 12.9. The van der Waals surface area contributed by atoms with Gasteiger partial charge in [-0.3, -0.25) is 9.80 Å². The second-order valence-electron chi connectivity index (χ2n) is 11.8. The fourth-order valence-electron chi connectivity index (χ4n) is 5.75. The summed E-state index contributed by atoms with van der Waals surface area (Å²) in [5.74, 6) is -5.45. The third-order valence-electron chi connectivity index (χ3n) is 8.33. The van der Waals surface area contributed by atoms with Crippen molar-refractivity contribution in [2.75, 3.05) is 52.5 Å². The fraction of sp³-hybridized carbons (Fsp3) is 0.316. The van der Waals surface area contributed by atoms with Crippen LogP contribution in [0.15, 0.2) is 79.4 Å². The van der Waals surface area contributed by atoms with Crippen molar-refractivity contribution >= 4 is 50.9 Å². The predicted octanol–water partition coefficient (Wildman–Crippen LogP) is 5.89. The van der Waals surface area contributed by atoms with Gasteiger partial charge < -0.3 is 29.9 Å². The maximum atomic E-state index is 9.10. The zero-order valence-electron chi connectivity index (χ0n) is 28.2. The fourth-order valence-corrected chi connectivity index (χ4v) is 6.98. The largest absolute Gasteiger partial charge is 0.492 e. The van der Waals surface area contributed by atoms with E-state index in [9.17, 15) is 0 Å². The lowest BCUT2D eigenvalue weighted by molar-refractivity contribution is -0.159. The van der Waals surface area contributed by atoms with Gasteiger partial charge in [-0.15, -0.1) is 11.3 Å². The Bertz CT molecular complexity index is 1740. The molecule has 2 aliphatic heterocycles. The molecule has 12 nitrogen and oxygen atoms in total. The van der Waals surface area contributed by atoms with Crippen LogP contribution >= 0.6 is 11.3 Å². The van der Waals surface area contributed by atoms with Gasteiger partial charge >= 0.3 is 23.9 Å². The summed E-state index contributed by atoms with van der Waals surface area (Å²) >= 11 is 1.83. The highest BCUT2D eigenvalue weighted by molar-refractivity contribution is 7.22. The molecule has 0 spiro atoms. The summed E-state index contributed by atoms with van der Waals surface area (Å²) in [5, 5.41) is 30.8. The van der Waals surface area contributed by atoms with Crippen LogP contribution in [0, 0.1) is 0 Å². The highest BCUT2D eigenvalue weighted by Crippen LogP contribution is 2.44. The number of thiophene rings is 1. The Kier molecular flexibility index (Phi) is 14.5. The molecule has 0 unspecified atom stereocenters. The van der Waals surface area contributed by atoms with Crippen LogP contribution in [-0.2, 0) is 19.2 Å². The Labute approximate surface area is 299 Å². The lowest BCUT2D eigenvalue weighted by atomic mass is 9.94. The Balaban J connectivity index is 0.000000420. The van der Waals surface area contributed by atoms with E-state index >= 15 is 0 Å². The molecular weight excluding hydrogens is 676 g/mol. The number of carbonyl (C=O) groups is 4. The molecule has 0 bridgehead atoms. The van der Waals surface area contributed by atoms with Gasteiger partial charge in [-0.1, -0.05) is 36.9 Å². The van der Waals surface area contributed by atoms with Crippen molar-refractivity contribution in [3.05, 3.63) is 90.5 Å². The average molecular weight is 719 g/mol. The van der Waals surface area contributed by atoms with Crippen molar-refractivity contribution in [2.24, 2.45) is 0 Å². The molecule has 3 heterocycles. The van der Waals surface area contributed by atoms with Gasteiger partial charge in [-0.25, -0.2) is 19.2 Å². The molecule has 2 fully saturated rings. The molecule has 51 heavy (non-hydrogen) atoms. The zero-order valence-corrected chi connectivity index (χ0v) is 29.0. The average Bonchev–Trinajstić information content (AvgIpc) is 3.91. The first-order valence-corrected chi connectivity index (χ1v) is 17.4. The normalized spacial score (nSPS) is 14.1. The first-order chi connectivity index (χ1) is 24.5. The standard InChI is InChI=1S/C34H38N2O2S.2C2H2O4/c1-26(27-10-14-29(15-11-27)37-24-22-35-18-4-5-19-35)33-31-8-2-3-9-32(31)39-34(33)28-12-16-30(17-13-28)38-25-23-36-20-6-7-21-36;2*3-1(4)2(5)6/h2-3,8-17H,1,4-7,18-25H2;2*(H,3,4)(H,5,6). The number of carboxylic acid groups (broad SMARTS) is 4. The number of fused-ring (bicyclic) bond motifs is 1. The third-order valence-corrected chi connectivity index (χ3v) is 9.55. The molecule has 270 valence electrons. The van der Waals surface area contributed by atoms with Crippen molar-refractivity contribution in [1.82, 2.24) is 9.80 Å². The molecule has 13 heteroatoms. The van der Waals surface area contributed by atoms with E-state index in [1.807, 2.05) is 11.3 Å². The molecule has 0 amide bonds. The first kappa shape index (κ1) is 38.6. The number of likely N-dealkylation sites (tertiary alicyclic amines) is 2. The van der Waals surface area contributed by atoms with Crippen molar-refractivity contribution in [2.45, 2.75) is 25.7 Å². The Morgan fingerprint density at radius 2 is 1.06 bits per heavy atom. The van der Waals surface area contributed by atoms with Crippen LogP contribution in [-0.4, -0.2) is 107 Å². The molecule has 0 saturated carbocycles. The summed E-state index contributed by atoms with van der Waals surface area (Å²) in [4.78, 5) is 42.6. The van der Waals surface area contributed by atoms with E-state index in [1.54, 1.807) is 0 Å². The van der Waals surface area contributed by atoms with Crippen LogP contribution in [0.5, 0.6) is 11.5 Å². The minimum atomic E-state index is -1.82. The molecule has 1 aromatic heterocycles. The molecule has 0 aliphatic carbocycles. The smallest absolute Gasteiger partial charge is 0.414 e. The number of carboxylic acids is 4. The summed E-state index contributed by atoms with van der Waals surface area (Å²) in [5.41, 5.74) is 4.56. The van der Waals surface area contributed by atoms with Gasteiger partial charge in [0.05, 0.1) is 0 Å². The first-order valence-electron chi connectivity index (χ1n) is 16.6. The maximum Gasteiger partial charge on any atom is 0.414 e. The van der Waals surface area contributed by atoms with Crippen molar-refractivity contribution < 1.29 is 49.1 Å². The Hall–Kier alpha value is -5.24. The van der Waals surface area contributed by atoms with Gasteiger partial charge in [-0.05, 0) is 111 Å². The Morgan fingerprint density at radius 3 is 1.51 bits per heavy atom. The predicted molar refractivity (Wildman–Crippen MR) is 195 cm³/mol. The monoisotopic (exact) mass is 718 g/mol. The summed E-state index contributed by atoms with van der Waals surface area (Å²) in [7, 11) is 0. The van der Waals surface area contributed by atoms with Crippen LogP contribution in [0.4, 0.5) is 0 Å². The molecule has 0 atom stereocenters. The van der Waals surface area contributed by atoms with Gasteiger partial charge in [0.15, 0.2) is 0 Å². The summed E-state index contributed by atoms with van der Waals surface area (Å²) in [6.07, 6.45) is 5.25. The highest BCUT2D eigenvalue weighted by Gasteiger charge is 2.18. The maximum absolute atomic E-state index is 9.10. The quantitative estimate of drug-likeness (QED) is 0.136. The van der Waals surface area contributed by atoms with Crippen molar-refractivity contribution in [1.29, 1.82) is 0 Å². The van der Waals surface area contributed by atoms with Crippen LogP contribution in [0.1, 0.15) is 36.8 Å². The molecule has 4 N–H and O–H groups in total. The van der Waals surface area contributed by atoms with Crippen LogP contribution in [0.3, 0.4) is 0 Å². The summed E-state index contributed by atoms with van der Waals surface area (Å²) < 4.78 is 13.4. The number of ether oxygens (including phenoxy) is 2. The van der Waals surface area contributed by atoms with E-state index in [-0.39, 0.29) is 0 Å². The third kappa shape index (κ3) is 11.7. The molecular formula is C38H42N2O10S. The molecule has 2 saturated heterocycles. The molecule has 4 aromatic rings. The van der Waals surface area contributed by atoms with Crippen LogP contribution in [0.2, 0.25) is 0 Å². The minimum Gasteiger partial charge on any atom is -0.492 e. The zero-order chi connectivity index (χ0) is 36.8. The second kappa shape index (κ2) is 19.2. The summed E-state index contributed by atoms with van der Waals surface area (Å²) in [6, 6.07) is 25.6. The van der Waals surface area contributed by atoms with E-state index < -0.39 is 23.9 Å². The van der Waals surface area contributed by atoms with Crippen molar-refractivity contribution in [3.8, 4) is 21.9 Å². The number of benzene rings is 3. The lowest BCUT2D eigenvalue weighted by Crippen LogP contribution is -2.25. The molecule has 0 radical (unpaired) electrons. The lowest BCUT2D eigenvalue weighted by Gasteiger charge is -2.15. The van der Waals surface area contributed by atoms with Gasteiger partial charge in [0.1, 0.15) is 24.7 Å². The molecule has 3 aromatic carbocycles. The van der Waals surface area contributed by atoms with Gasteiger partial charge in [0, 0.05) is 33.6 Å². The number of hydrogen-bond donors (Lipinski definition) is 4. The van der Waals surface area contributed by atoms with Gasteiger partial charge in [0.2, 0.25) is 0 Å².